The Bertz CT molecular complexity index is 918. The van der Waals surface area contributed by atoms with E-state index in [0.29, 0.717) is 31.3 Å². The second-order valence-electron chi connectivity index (χ2n) is 7.85. The van der Waals surface area contributed by atoms with Gasteiger partial charge in [0, 0.05) is 38.1 Å². The summed E-state index contributed by atoms with van der Waals surface area (Å²) in [6.07, 6.45) is 0. The van der Waals surface area contributed by atoms with Gasteiger partial charge in [0.25, 0.3) is 5.91 Å². The van der Waals surface area contributed by atoms with E-state index in [2.05, 4.69) is 4.90 Å². The predicted octanol–water partition coefficient (Wildman–Crippen LogP) is 3.52. The van der Waals surface area contributed by atoms with E-state index in [1.54, 1.807) is 17.0 Å². The maximum atomic E-state index is 13.8. The monoisotopic (exact) mass is 473 g/mol. The lowest BCUT2D eigenvalue weighted by atomic mass is 9.89. The number of carbonyl (C=O) groups is 1. The average Bonchev–Trinajstić information content (AvgIpc) is 3.22. The van der Waals surface area contributed by atoms with Crippen molar-refractivity contribution < 1.29 is 18.3 Å². The van der Waals surface area contributed by atoms with Gasteiger partial charge in [0.1, 0.15) is 24.0 Å². The summed E-state index contributed by atoms with van der Waals surface area (Å²) in [5.74, 6) is -0.145. The van der Waals surface area contributed by atoms with E-state index in [9.17, 15) is 13.6 Å². The number of benzene rings is 2. The molecular weight excluding hydrogens is 447 g/mol. The molecule has 2 heterocycles. The zero-order chi connectivity index (χ0) is 20.5. The van der Waals surface area contributed by atoms with Gasteiger partial charge in [0.2, 0.25) is 0 Å². The van der Waals surface area contributed by atoms with E-state index in [1.165, 1.54) is 24.3 Å². The van der Waals surface area contributed by atoms with Crippen LogP contribution in [0.1, 0.15) is 22.0 Å². The molecule has 31 heavy (non-hydrogen) atoms. The van der Waals surface area contributed by atoms with Crippen LogP contribution < -0.4 is 10.5 Å². The molecule has 5 nitrogen and oxygen atoms in total. The van der Waals surface area contributed by atoms with Gasteiger partial charge in [-0.15, -0.1) is 24.8 Å². The molecule has 0 spiro atoms. The number of nitrogens with zero attached hydrogens (tertiary/aromatic N) is 2. The van der Waals surface area contributed by atoms with Gasteiger partial charge in [-0.2, -0.15) is 0 Å². The molecule has 9 heteroatoms. The molecule has 170 valence electrons. The second-order valence-corrected chi connectivity index (χ2v) is 7.85. The molecule has 1 amide bonds. The summed E-state index contributed by atoms with van der Waals surface area (Å²) in [6.45, 7) is 2.52. The van der Waals surface area contributed by atoms with E-state index in [4.69, 9.17) is 10.5 Å². The Kier molecular flexibility index (Phi) is 8.65. The van der Waals surface area contributed by atoms with Crippen molar-refractivity contribution in [3.8, 4) is 5.75 Å². The van der Waals surface area contributed by atoms with Crippen LogP contribution in [0.25, 0.3) is 0 Å². The molecule has 2 aromatic rings. The molecule has 0 aliphatic carbocycles. The standard InChI is InChI=1S/C22H25F2N3O2.2ClH/c1-26-11-15-12-27(13-19(15)21(26)14-3-2-4-16(23)9-14)22(28)18-10-17(24)5-6-20(18)29-8-7-25;;/h2-6,9-10,15,19,21H,7-8,11-13,25H2,1H3;2*1H/t15-,19+,21-;;/m0../s1. The first kappa shape index (κ1) is 25.3. The van der Waals surface area contributed by atoms with Crippen LogP contribution in [0.3, 0.4) is 0 Å². The largest absolute Gasteiger partial charge is 0.491 e. The third-order valence-corrected chi connectivity index (χ3v) is 5.92. The summed E-state index contributed by atoms with van der Waals surface area (Å²) in [5, 5.41) is 0. The van der Waals surface area contributed by atoms with Crippen LogP contribution in [-0.2, 0) is 0 Å². The van der Waals surface area contributed by atoms with Crippen LogP contribution in [-0.4, -0.2) is 55.5 Å². The van der Waals surface area contributed by atoms with Gasteiger partial charge in [-0.1, -0.05) is 12.1 Å². The summed E-state index contributed by atoms with van der Waals surface area (Å²) >= 11 is 0. The van der Waals surface area contributed by atoms with Crippen molar-refractivity contribution >= 4 is 30.7 Å². The second kappa shape index (κ2) is 10.6. The lowest BCUT2D eigenvalue weighted by Crippen LogP contribution is -2.33. The molecule has 4 rings (SSSR count). The van der Waals surface area contributed by atoms with Gasteiger partial charge in [-0.05, 0) is 48.9 Å². The molecule has 2 N–H and O–H groups in total. The molecule has 0 aromatic heterocycles. The molecule has 0 bridgehead atoms. The van der Waals surface area contributed by atoms with Gasteiger partial charge in [0.05, 0.1) is 5.56 Å². The smallest absolute Gasteiger partial charge is 0.257 e. The first-order valence-corrected chi connectivity index (χ1v) is 9.85. The van der Waals surface area contributed by atoms with Crippen LogP contribution in [0.2, 0.25) is 0 Å². The van der Waals surface area contributed by atoms with E-state index >= 15 is 0 Å². The zero-order valence-corrected chi connectivity index (χ0v) is 18.8. The maximum absolute atomic E-state index is 13.8. The molecule has 2 aliphatic heterocycles. The fourth-order valence-electron chi connectivity index (χ4n) is 4.75. The number of hydrogen-bond donors (Lipinski definition) is 1. The van der Waals surface area contributed by atoms with Crippen molar-refractivity contribution in [1.29, 1.82) is 0 Å². The highest BCUT2D eigenvalue weighted by atomic mass is 35.5. The Morgan fingerprint density at radius 1 is 1.10 bits per heavy atom. The van der Waals surface area contributed by atoms with Crippen LogP contribution in [0.5, 0.6) is 5.75 Å². The van der Waals surface area contributed by atoms with Crippen LogP contribution >= 0.6 is 24.8 Å². The molecule has 2 saturated heterocycles. The average molecular weight is 474 g/mol. The quantitative estimate of drug-likeness (QED) is 0.721. The normalized spacial score (nSPS) is 22.5. The van der Waals surface area contributed by atoms with Crippen molar-refractivity contribution in [2.75, 3.05) is 39.8 Å². The van der Waals surface area contributed by atoms with Crippen molar-refractivity contribution in [2.24, 2.45) is 17.6 Å². The van der Waals surface area contributed by atoms with Gasteiger partial charge < -0.3 is 15.4 Å². The third-order valence-electron chi connectivity index (χ3n) is 5.92. The number of ether oxygens (including phenoxy) is 1. The number of carbonyl (C=O) groups excluding carboxylic acids is 1. The minimum atomic E-state index is -0.481. The van der Waals surface area contributed by atoms with Crippen molar-refractivity contribution in [2.45, 2.75) is 6.04 Å². The van der Waals surface area contributed by atoms with Crippen molar-refractivity contribution in [3.05, 3.63) is 65.2 Å². The summed E-state index contributed by atoms with van der Waals surface area (Å²) in [7, 11) is 2.03. The van der Waals surface area contributed by atoms with Gasteiger partial charge in [-0.3, -0.25) is 9.69 Å². The zero-order valence-electron chi connectivity index (χ0n) is 17.2. The Balaban J connectivity index is 0.00000171. The number of fused-ring (bicyclic) bond motifs is 1. The highest BCUT2D eigenvalue weighted by Crippen LogP contribution is 2.44. The number of halogens is 4. The number of likely N-dealkylation sites (tertiary alicyclic amines) is 2. The van der Waals surface area contributed by atoms with Gasteiger partial charge in [0.15, 0.2) is 0 Å². The summed E-state index contributed by atoms with van der Waals surface area (Å²) < 4.78 is 33.1. The number of nitrogens with two attached hydrogens (primary N) is 1. The molecule has 0 saturated carbocycles. The predicted molar refractivity (Wildman–Crippen MR) is 120 cm³/mol. The van der Waals surface area contributed by atoms with E-state index in [0.717, 1.165) is 12.1 Å². The molecule has 2 aliphatic rings. The van der Waals surface area contributed by atoms with Crippen LogP contribution in [0.4, 0.5) is 8.78 Å². The van der Waals surface area contributed by atoms with Crippen molar-refractivity contribution in [3.63, 3.8) is 0 Å². The highest BCUT2D eigenvalue weighted by Gasteiger charge is 2.47. The minimum absolute atomic E-state index is 0. The van der Waals surface area contributed by atoms with Gasteiger partial charge >= 0.3 is 0 Å². The Hall–Kier alpha value is -1.93. The maximum Gasteiger partial charge on any atom is 0.257 e. The number of rotatable bonds is 5. The first-order chi connectivity index (χ1) is 14.0. The molecule has 3 atom stereocenters. The third kappa shape index (κ3) is 5.12. The highest BCUT2D eigenvalue weighted by molar-refractivity contribution is 5.97. The molecule has 2 fully saturated rings. The Labute approximate surface area is 193 Å². The lowest BCUT2D eigenvalue weighted by molar-refractivity contribution is 0.0763. The SMILES string of the molecule is CN1C[C@H]2CN(C(=O)c3cc(F)ccc3OCCN)C[C@H]2[C@@H]1c1cccc(F)c1.Cl.Cl. The first-order valence-electron chi connectivity index (χ1n) is 9.85. The number of hydrogen-bond acceptors (Lipinski definition) is 4. The van der Waals surface area contributed by atoms with Crippen LogP contribution in [0, 0.1) is 23.5 Å². The Morgan fingerprint density at radius 2 is 1.84 bits per heavy atom. The molecule has 0 unspecified atom stereocenters. The summed E-state index contributed by atoms with van der Waals surface area (Å²) in [4.78, 5) is 17.2. The lowest BCUT2D eigenvalue weighted by Gasteiger charge is -2.27. The van der Waals surface area contributed by atoms with Gasteiger partial charge in [-0.25, -0.2) is 8.78 Å². The minimum Gasteiger partial charge on any atom is -0.491 e. The fourth-order valence-corrected chi connectivity index (χ4v) is 4.75. The summed E-state index contributed by atoms with van der Waals surface area (Å²) in [5.41, 5.74) is 6.62. The fraction of sp³-hybridized carbons (Fsp3) is 0.409. The topological polar surface area (TPSA) is 58.8 Å². The number of amides is 1. The van der Waals surface area contributed by atoms with Crippen LogP contribution in [0.15, 0.2) is 42.5 Å². The molecule has 2 aromatic carbocycles. The summed E-state index contributed by atoms with van der Waals surface area (Å²) in [6, 6.07) is 10.7. The molecular formula is C22H27Cl2F2N3O2. The van der Waals surface area contributed by atoms with E-state index in [1.807, 2.05) is 13.1 Å². The Morgan fingerprint density at radius 3 is 2.55 bits per heavy atom. The van der Waals surface area contributed by atoms with E-state index < -0.39 is 5.82 Å². The molecule has 0 radical (unpaired) electrons. The van der Waals surface area contributed by atoms with Crippen molar-refractivity contribution in [1.82, 2.24) is 9.80 Å². The van der Waals surface area contributed by atoms with E-state index in [-0.39, 0.29) is 60.7 Å².